The molecule has 1 aliphatic carbocycles. The number of hydrogen-bond acceptors (Lipinski definition) is 13. The Bertz CT molecular complexity index is 2410. The van der Waals surface area contributed by atoms with Gasteiger partial charge in [-0.2, -0.15) is 4.98 Å². The van der Waals surface area contributed by atoms with E-state index < -0.39 is 11.9 Å². The molecule has 0 bridgehead atoms. The number of aromatic nitrogens is 2. The van der Waals surface area contributed by atoms with Gasteiger partial charge in [-0.25, -0.2) is 4.98 Å². The van der Waals surface area contributed by atoms with E-state index in [4.69, 9.17) is 14.5 Å². The molecule has 17 heteroatoms. The van der Waals surface area contributed by atoms with Crippen LogP contribution in [-0.2, 0) is 25.7 Å². The number of amides is 5. The van der Waals surface area contributed by atoms with E-state index >= 15 is 0 Å². The van der Waals surface area contributed by atoms with Gasteiger partial charge in [0.25, 0.3) is 11.8 Å². The van der Waals surface area contributed by atoms with Crippen molar-refractivity contribution in [3.05, 3.63) is 64.8 Å². The number of unbranched alkanes of at least 4 members (excludes halogenated alkanes) is 1. The third-order valence-electron chi connectivity index (χ3n) is 14.1. The van der Waals surface area contributed by atoms with Crippen LogP contribution in [0.3, 0.4) is 0 Å². The molecule has 2 aromatic carbocycles. The van der Waals surface area contributed by atoms with Gasteiger partial charge >= 0.3 is 0 Å². The third-order valence-corrected chi connectivity index (χ3v) is 14.1. The van der Waals surface area contributed by atoms with Crippen LogP contribution in [-0.4, -0.2) is 146 Å². The molecule has 5 heterocycles. The summed E-state index contributed by atoms with van der Waals surface area (Å²) in [6.45, 7) is 8.38. The number of nitrogens with zero attached hydrogens (tertiary/aromatic N) is 7. The van der Waals surface area contributed by atoms with Gasteiger partial charge in [-0.05, 0) is 94.3 Å². The first-order valence-corrected chi connectivity index (χ1v) is 24.5. The normalized spacial score (nSPS) is 20.0. The number of hydrogen-bond donors (Lipinski definition) is 3. The number of likely N-dealkylation sites (tertiary alicyclic amines) is 1. The predicted molar refractivity (Wildman–Crippen MR) is 259 cm³/mol. The SMILES string of the molecule is CC[C@@H]1C(=O)N(C)c2cnc(Nc3ccc(C(=O)NC4CCN(CCN(C)CCCOCCCC#Cc5cccc6c5CN(C5CCC(=O)NC5=O)C6=O)CC4)cc3OC)nc2N1C1CCCC1. The van der Waals surface area contributed by atoms with Gasteiger partial charge < -0.3 is 44.6 Å². The van der Waals surface area contributed by atoms with Gasteiger partial charge in [-0.3, -0.25) is 29.3 Å². The highest BCUT2D eigenvalue weighted by Crippen LogP contribution is 2.40. The zero-order chi connectivity index (χ0) is 47.7. The summed E-state index contributed by atoms with van der Waals surface area (Å²) >= 11 is 0. The van der Waals surface area contributed by atoms with Crippen molar-refractivity contribution in [2.24, 2.45) is 0 Å². The summed E-state index contributed by atoms with van der Waals surface area (Å²) in [6.07, 6.45) is 11.5. The Morgan fingerprint density at radius 3 is 2.56 bits per heavy atom. The molecule has 3 aromatic rings. The van der Waals surface area contributed by atoms with Crippen LogP contribution >= 0.6 is 0 Å². The van der Waals surface area contributed by atoms with Crippen molar-refractivity contribution >= 4 is 52.7 Å². The second-order valence-electron chi connectivity index (χ2n) is 18.6. The van der Waals surface area contributed by atoms with Gasteiger partial charge in [0.1, 0.15) is 23.5 Å². The Morgan fingerprint density at radius 2 is 1.79 bits per heavy atom. The summed E-state index contributed by atoms with van der Waals surface area (Å²) in [5.41, 5.74) is 4.07. The standard InChI is InChI=1S/C51H66N10O7/c1-5-41-50(66)58(3)43-32-52-51(56-46(43)61(41)37-15-8-9-16-37)54-40-19-18-35(31-44(40)67-4)47(63)53-36-22-25-59(26-23-36)28-27-57(2)24-12-30-68-29-10-6-7-13-34-14-11-17-38-39(34)33-60(49(38)65)42-20-21-45(62)55-48(42)64/h11,14,17-19,31-32,36-37,41-42H,5-6,8-10,12,15-16,20-30,33H2,1-4H3,(H,53,63)(H,52,54,56)(H,55,62,64)/t41-,42?/m1/s1. The van der Waals surface area contributed by atoms with Crippen molar-refractivity contribution in [2.45, 2.75) is 115 Å². The van der Waals surface area contributed by atoms with Crippen molar-refractivity contribution in [3.63, 3.8) is 0 Å². The summed E-state index contributed by atoms with van der Waals surface area (Å²) in [4.78, 5) is 83.6. The number of methoxy groups -OCH3 is 1. The zero-order valence-electron chi connectivity index (χ0n) is 40.0. The third kappa shape index (κ3) is 11.1. The summed E-state index contributed by atoms with van der Waals surface area (Å²) < 4.78 is 11.6. The molecular weight excluding hydrogens is 865 g/mol. The Balaban J connectivity index is 0.710. The number of carbonyl (C=O) groups excluding carboxylic acids is 5. The quantitative estimate of drug-likeness (QED) is 0.0896. The minimum Gasteiger partial charge on any atom is -0.495 e. The first-order chi connectivity index (χ1) is 33.0. The first kappa shape index (κ1) is 48.4. The number of fused-ring (bicyclic) bond motifs is 2. The smallest absolute Gasteiger partial charge is 0.255 e. The lowest BCUT2D eigenvalue weighted by molar-refractivity contribution is -0.137. The summed E-state index contributed by atoms with van der Waals surface area (Å²) in [7, 11) is 5.52. The highest BCUT2D eigenvalue weighted by molar-refractivity contribution is 6.06. The molecule has 68 heavy (non-hydrogen) atoms. The van der Waals surface area contributed by atoms with Crippen LogP contribution in [0.5, 0.6) is 5.75 Å². The molecule has 362 valence electrons. The van der Waals surface area contributed by atoms with Gasteiger partial charge in [0.2, 0.25) is 23.7 Å². The molecule has 0 spiro atoms. The number of anilines is 4. The average Bonchev–Trinajstić information content (AvgIpc) is 4.00. The number of nitrogens with one attached hydrogen (secondary N) is 3. The fraction of sp³-hybridized carbons (Fsp3) is 0.549. The zero-order valence-corrected chi connectivity index (χ0v) is 40.0. The monoisotopic (exact) mass is 931 g/mol. The molecule has 5 aliphatic rings. The largest absolute Gasteiger partial charge is 0.495 e. The van der Waals surface area contributed by atoms with Gasteiger partial charge in [0.15, 0.2) is 5.82 Å². The molecule has 5 amide bonds. The lowest BCUT2D eigenvalue weighted by Crippen LogP contribution is -2.55. The van der Waals surface area contributed by atoms with E-state index in [1.165, 1.54) is 0 Å². The number of piperidine rings is 2. The van der Waals surface area contributed by atoms with E-state index in [1.54, 1.807) is 48.4 Å². The van der Waals surface area contributed by atoms with Crippen molar-refractivity contribution in [3.8, 4) is 17.6 Å². The molecular formula is C51H66N10O7. The number of rotatable bonds is 18. The fourth-order valence-corrected chi connectivity index (χ4v) is 10.2. The number of imide groups is 1. The van der Waals surface area contributed by atoms with Crippen molar-refractivity contribution in [2.75, 3.05) is 82.3 Å². The Hall–Kier alpha value is -6.09. The number of ether oxygens (including phenoxy) is 2. The maximum absolute atomic E-state index is 13.4. The van der Waals surface area contributed by atoms with E-state index in [-0.39, 0.29) is 48.2 Å². The van der Waals surface area contributed by atoms with E-state index in [2.05, 4.69) is 61.4 Å². The molecule has 1 aromatic heterocycles. The van der Waals surface area contributed by atoms with E-state index in [9.17, 15) is 24.0 Å². The maximum Gasteiger partial charge on any atom is 0.255 e. The van der Waals surface area contributed by atoms with E-state index in [0.29, 0.717) is 73.2 Å². The van der Waals surface area contributed by atoms with E-state index in [0.717, 1.165) is 101 Å². The molecule has 2 saturated heterocycles. The predicted octanol–water partition coefficient (Wildman–Crippen LogP) is 4.86. The van der Waals surface area contributed by atoms with Gasteiger partial charge in [0, 0.05) is 101 Å². The number of likely N-dealkylation sites (N-methyl/N-ethyl adjacent to an activating group) is 2. The minimum absolute atomic E-state index is 0.0731. The molecule has 8 rings (SSSR count). The molecule has 3 N–H and O–H groups in total. The molecule has 2 atom stereocenters. The van der Waals surface area contributed by atoms with Gasteiger partial charge in [-0.15, -0.1) is 0 Å². The Morgan fingerprint density at radius 1 is 1.00 bits per heavy atom. The topological polar surface area (TPSA) is 182 Å². The maximum atomic E-state index is 13.4. The Kier molecular flexibility index (Phi) is 15.9. The van der Waals surface area contributed by atoms with Crippen molar-refractivity contribution in [1.29, 1.82) is 0 Å². The highest BCUT2D eigenvalue weighted by Gasteiger charge is 2.42. The van der Waals surface area contributed by atoms with Crippen LogP contribution in [0.25, 0.3) is 0 Å². The summed E-state index contributed by atoms with van der Waals surface area (Å²) in [6, 6.07) is 10.3. The highest BCUT2D eigenvalue weighted by atomic mass is 16.5. The molecule has 3 fully saturated rings. The van der Waals surface area contributed by atoms with Crippen LogP contribution in [0, 0.1) is 11.8 Å². The van der Waals surface area contributed by atoms with E-state index in [1.807, 2.05) is 18.2 Å². The number of benzene rings is 2. The minimum atomic E-state index is -0.642. The summed E-state index contributed by atoms with van der Waals surface area (Å²) in [5, 5.41) is 8.90. The number of carbonyl (C=O) groups is 5. The lowest BCUT2D eigenvalue weighted by atomic mass is 10.0. The molecule has 1 saturated carbocycles. The summed E-state index contributed by atoms with van der Waals surface area (Å²) in [5.74, 6) is 7.16. The molecule has 4 aliphatic heterocycles. The second-order valence-corrected chi connectivity index (χ2v) is 18.6. The molecule has 17 nitrogen and oxygen atoms in total. The van der Waals surface area contributed by atoms with Crippen molar-refractivity contribution in [1.82, 2.24) is 35.3 Å². The van der Waals surface area contributed by atoms with Crippen LogP contribution in [0.4, 0.5) is 23.1 Å². The Labute approximate surface area is 399 Å². The van der Waals surface area contributed by atoms with Gasteiger partial charge in [-0.1, -0.05) is 37.7 Å². The molecule has 1 unspecified atom stereocenters. The van der Waals surface area contributed by atoms with Crippen LogP contribution in [0.1, 0.15) is 116 Å². The first-order valence-electron chi connectivity index (χ1n) is 24.5. The van der Waals surface area contributed by atoms with Gasteiger partial charge in [0.05, 0.1) is 19.0 Å². The lowest BCUT2D eigenvalue weighted by Gasteiger charge is -2.43. The van der Waals surface area contributed by atoms with Crippen molar-refractivity contribution < 1.29 is 33.4 Å². The fourth-order valence-electron chi connectivity index (χ4n) is 10.2. The van der Waals surface area contributed by atoms with Crippen LogP contribution < -0.4 is 30.5 Å². The van der Waals surface area contributed by atoms with Crippen LogP contribution in [0.15, 0.2) is 42.6 Å². The van der Waals surface area contributed by atoms with Crippen LogP contribution in [0.2, 0.25) is 0 Å². The second kappa shape index (κ2) is 22.3. The average molecular weight is 931 g/mol. The molecule has 0 radical (unpaired) electrons.